The third kappa shape index (κ3) is 5.91. The van der Waals surface area contributed by atoms with Crippen LogP contribution in [0.5, 0.6) is 23.0 Å². The second kappa shape index (κ2) is 15.5. The number of aryl methyl sites for hydroxylation is 1. The van der Waals surface area contributed by atoms with Crippen molar-refractivity contribution in [3.8, 4) is 56.9 Å². The van der Waals surface area contributed by atoms with E-state index in [0.29, 0.717) is 5.82 Å². The van der Waals surface area contributed by atoms with Crippen molar-refractivity contribution in [3.63, 3.8) is 0 Å². The monoisotopic (exact) mass is 834 g/mol. The van der Waals surface area contributed by atoms with Crippen molar-refractivity contribution >= 4 is 0 Å². The molecule has 4 nitrogen and oxygen atoms in total. The fourth-order valence-electron chi connectivity index (χ4n) is 10.5. The lowest BCUT2D eigenvalue weighted by Gasteiger charge is -2.42. The molecule has 1 aromatic heterocycles. The van der Waals surface area contributed by atoms with Gasteiger partial charge in [0.1, 0.15) is 23.0 Å². The summed E-state index contributed by atoms with van der Waals surface area (Å²) >= 11 is 0. The number of para-hydroxylation sites is 4. The summed E-state index contributed by atoms with van der Waals surface area (Å²) in [5.41, 5.74) is 12.7. The van der Waals surface area contributed by atoms with Gasteiger partial charge in [-0.25, -0.2) is 9.97 Å². The van der Waals surface area contributed by atoms with E-state index in [1.165, 1.54) is 0 Å². The maximum absolute atomic E-state index is 7.15. The fraction of sp³-hybridized carbons (Fsp3) is 0.0492. The van der Waals surface area contributed by atoms with Crippen LogP contribution in [-0.4, -0.2) is 9.97 Å². The van der Waals surface area contributed by atoms with Crippen molar-refractivity contribution in [3.05, 3.63) is 287 Å². The summed E-state index contributed by atoms with van der Waals surface area (Å²) in [6.07, 6.45) is 0. The molecule has 9 aromatic carbocycles. The highest BCUT2D eigenvalue weighted by atomic mass is 16.5. The Kier molecular flexibility index (Phi) is 9.13. The predicted octanol–water partition coefficient (Wildman–Crippen LogP) is 14.8. The number of nitrogens with zero attached hydrogens (tertiary/aromatic N) is 2. The predicted molar refractivity (Wildman–Crippen MR) is 260 cm³/mol. The molecule has 0 atom stereocenters. The largest absolute Gasteiger partial charge is 0.456 e. The number of rotatable bonds is 7. The maximum Gasteiger partial charge on any atom is 0.160 e. The quantitative estimate of drug-likeness (QED) is 0.160. The zero-order valence-electron chi connectivity index (χ0n) is 35.7. The minimum absolute atomic E-state index is 0.619. The SMILES string of the molecule is Cc1ccccc1-c1nc(-c2cccc3c2Oc2ccccc2C3(c2ccccc2)c2ccccc2)cc(-c2cccc3c2Oc2ccccc2C3(c2ccccc2)c2ccccc2)n1. The van der Waals surface area contributed by atoms with E-state index < -0.39 is 10.8 Å². The molecule has 0 aliphatic carbocycles. The van der Waals surface area contributed by atoms with E-state index in [1.807, 2.05) is 12.1 Å². The molecule has 0 amide bonds. The van der Waals surface area contributed by atoms with E-state index >= 15 is 0 Å². The average Bonchev–Trinajstić information content (AvgIpc) is 3.38. The molecular weight excluding hydrogens is 793 g/mol. The van der Waals surface area contributed by atoms with Gasteiger partial charge in [-0.1, -0.05) is 206 Å². The molecule has 12 rings (SSSR count). The Labute approximate surface area is 379 Å². The highest BCUT2D eigenvalue weighted by Gasteiger charge is 2.47. The topological polar surface area (TPSA) is 44.2 Å². The number of aromatic nitrogens is 2. The van der Waals surface area contributed by atoms with Crippen LogP contribution in [0.3, 0.4) is 0 Å². The number of ether oxygens (including phenoxy) is 2. The van der Waals surface area contributed by atoms with Gasteiger partial charge < -0.3 is 9.47 Å². The molecule has 65 heavy (non-hydrogen) atoms. The summed E-state index contributed by atoms with van der Waals surface area (Å²) in [5, 5.41) is 0. The van der Waals surface area contributed by atoms with Crippen LogP contribution in [0.25, 0.3) is 33.9 Å². The average molecular weight is 835 g/mol. The lowest BCUT2D eigenvalue weighted by Crippen LogP contribution is -2.34. The standard InChI is InChI=1S/C61H42N2O2/c1-41-22-14-15-31-46(41)59-62-53(47-32-20-36-51-57(47)64-55-38-18-16-34-49(55)60(51,42-23-6-2-7-24-42)43-25-8-3-9-26-43)40-54(63-59)48-33-21-37-52-58(48)65-56-39-19-17-35-50(56)61(52,44-27-10-4-11-28-44)45-29-12-5-13-30-45/h2-40H,1H3. The number of fused-ring (bicyclic) bond motifs is 4. The molecule has 2 aliphatic heterocycles. The Morgan fingerprint density at radius 1 is 0.323 bits per heavy atom. The number of hydrogen-bond acceptors (Lipinski definition) is 4. The van der Waals surface area contributed by atoms with Gasteiger partial charge in [-0.15, -0.1) is 0 Å². The first kappa shape index (κ1) is 38.3. The van der Waals surface area contributed by atoms with Crippen molar-refractivity contribution in [1.29, 1.82) is 0 Å². The first-order chi connectivity index (χ1) is 32.2. The van der Waals surface area contributed by atoms with Gasteiger partial charge in [-0.05, 0) is 65.1 Å². The van der Waals surface area contributed by atoms with E-state index in [9.17, 15) is 0 Å². The highest BCUT2D eigenvalue weighted by molar-refractivity contribution is 5.84. The smallest absolute Gasteiger partial charge is 0.160 e. The first-order valence-electron chi connectivity index (χ1n) is 22.2. The van der Waals surface area contributed by atoms with Crippen molar-refractivity contribution in [2.75, 3.05) is 0 Å². The molecular formula is C61H42N2O2. The van der Waals surface area contributed by atoms with Gasteiger partial charge in [0.2, 0.25) is 0 Å². The molecule has 4 heteroatoms. The molecule has 2 aliphatic rings. The Hall–Kier alpha value is -8.34. The second-order valence-corrected chi connectivity index (χ2v) is 16.8. The fourth-order valence-corrected chi connectivity index (χ4v) is 10.5. The van der Waals surface area contributed by atoms with Crippen LogP contribution in [0, 0.1) is 6.92 Å². The van der Waals surface area contributed by atoms with Crippen LogP contribution >= 0.6 is 0 Å². The molecule has 10 aromatic rings. The normalized spacial score (nSPS) is 13.8. The van der Waals surface area contributed by atoms with Gasteiger partial charge in [0.05, 0.1) is 22.2 Å². The molecule has 0 saturated heterocycles. The molecule has 0 fully saturated rings. The van der Waals surface area contributed by atoms with Crippen molar-refractivity contribution in [2.24, 2.45) is 0 Å². The first-order valence-corrected chi connectivity index (χ1v) is 22.2. The third-order valence-corrected chi connectivity index (χ3v) is 13.3. The summed E-state index contributed by atoms with van der Waals surface area (Å²) in [6, 6.07) is 83.4. The Morgan fingerprint density at radius 3 is 1.08 bits per heavy atom. The molecule has 3 heterocycles. The summed E-state index contributed by atoms with van der Waals surface area (Å²) in [6.45, 7) is 2.11. The summed E-state index contributed by atoms with van der Waals surface area (Å²) in [4.78, 5) is 10.9. The van der Waals surface area contributed by atoms with E-state index in [2.05, 4.69) is 231 Å². The summed E-state index contributed by atoms with van der Waals surface area (Å²) < 4.78 is 14.3. The van der Waals surface area contributed by atoms with Crippen molar-refractivity contribution < 1.29 is 9.47 Å². The van der Waals surface area contributed by atoms with E-state index in [1.54, 1.807) is 0 Å². The Morgan fingerprint density at radius 2 is 0.662 bits per heavy atom. The van der Waals surface area contributed by atoms with Crippen LogP contribution in [0.15, 0.2) is 237 Å². The molecule has 0 spiro atoms. The van der Waals surface area contributed by atoms with Gasteiger partial charge in [0.25, 0.3) is 0 Å². The maximum atomic E-state index is 7.15. The summed E-state index contributed by atoms with van der Waals surface area (Å²) in [7, 11) is 0. The molecule has 0 bridgehead atoms. The van der Waals surface area contributed by atoms with Gasteiger partial charge in [0, 0.05) is 38.9 Å². The minimum atomic E-state index is -0.685. The molecule has 0 unspecified atom stereocenters. The number of hydrogen-bond donors (Lipinski definition) is 0. The lowest BCUT2D eigenvalue weighted by atomic mass is 9.63. The van der Waals surface area contributed by atoms with Crippen molar-refractivity contribution in [2.45, 2.75) is 17.8 Å². The van der Waals surface area contributed by atoms with Crippen LogP contribution in [-0.2, 0) is 10.8 Å². The third-order valence-electron chi connectivity index (χ3n) is 13.3. The lowest BCUT2D eigenvalue weighted by molar-refractivity contribution is 0.436. The molecule has 0 saturated carbocycles. The zero-order valence-corrected chi connectivity index (χ0v) is 35.7. The summed E-state index contributed by atoms with van der Waals surface area (Å²) in [5.74, 6) is 3.73. The van der Waals surface area contributed by atoms with Gasteiger partial charge in [-0.3, -0.25) is 0 Å². The van der Waals surface area contributed by atoms with Gasteiger partial charge in [-0.2, -0.15) is 0 Å². The van der Waals surface area contributed by atoms with Crippen LogP contribution in [0.1, 0.15) is 50.1 Å². The molecule has 0 N–H and O–H groups in total. The van der Waals surface area contributed by atoms with E-state index in [4.69, 9.17) is 19.4 Å². The second-order valence-electron chi connectivity index (χ2n) is 16.8. The molecule has 308 valence electrons. The van der Waals surface area contributed by atoms with E-state index in [-0.39, 0.29) is 0 Å². The zero-order chi connectivity index (χ0) is 43.4. The van der Waals surface area contributed by atoms with Crippen molar-refractivity contribution in [1.82, 2.24) is 9.97 Å². The molecule has 0 radical (unpaired) electrons. The number of benzene rings is 9. The Balaban J connectivity index is 1.14. The highest BCUT2D eigenvalue weighted by Crippen LogP contribution is 2.59. The van der Waals surface area contributed by atoms with E-state index in [0.717, 1.165) is 101 Å². The van der Waals surface area contributed by atoms with Crippen LogP contribution < -0.4 is 9.47 Å². The Bertz CT molecular complexity index is 3110. The minimum Gasteiger partial charge on any atom is -0.456 e. The van der Waals surface area contributed by atoms with Gasteiger partial charge >= 0.3 is 0 Å². The van der Waals surface area contributed by atoms with Crippen LogP contribution in [0.4, 0.5) is 0 Å². The van der Waals surface area contributed by atoms with Gasteiger partial charge in [0.15, 0.2) is 5.82 Å². The van der Waals surface area contributed by atoms with Crippen LogP contribution in [0.2, 0.25) is 0 Å².